The summed E-state index contributed by atoms with van der Waals surface area (Å²) in [5.74, 6) is -0.352. The molecule has 1 aliphatic carbocycles. The maximum atomic E-state index is 10.7. The summed E-state index contributed by atoms with van der Waals surface area (Å²) < 4.78 is 0. The standard InChI is InChI=1S/C10H13NO2/c1-6-3-2-4-8-7(6)5-9(11-8)10(12)13/h5-6,11H,2-4H2,1H3,(H,12,13). The van der Waals surface area contributed by atoms with Crippen LogP contribution in [0.2, 0.25) is 0 Å². The third-order valence-corrected chi connectivity index (χ3v) is 2.76. The minimum Gasteiger partial charge on any atom is -0.477 e. The minimum absolute atomic E-state index is 0.332. The van der Waals surface area contributed by atoms with E-state index in [0.29, 0.717) is 11.6 Å². The van der Waals surface area contributed by atoms with Gasteiger partial charge in [-0.15, -0.1) is 0 Å². The Hall–Kier alpha value is -1.25. The topological polar surface area (TPSA) is 53.1 Å². The largest absolute Gasteiger partial charge is 0.477 e. The normalized spacial score (nSPS) is 21.2. The van der Waals surface area contributed by atoms with E-state index in [9.17, 15) is 4.79 Å². The highest BCUT2D eigenvalue weighted by molar-refractivity contribution is 5.86. The number of carboxylic acids is 1. The average Bonchev–Trinajstić information content (AvgIpc) is 2.49. The van der Waals surface area contributed by atoms with Gasteiger partial charge in [-0.05, 0) is 36.8 Å². The van der Waals surface area contributed by atoms with Crippen LogP contribution in [0.25, 0.3) is 0 Å². The zero-order valence-electron chi connectivity index (χ0n) is 7.63. The Morgan fingerprint density at radius 1 is 1.69 bits per heavy atom. The molecule has 0 aliphatic heterocycles. The number of aromatic amines is 1. The summed E-state index contributed by atoms with van der Waals surface area (Å²) in [4.78, 5) is 13.7. The maximum Gasteiger partial charge on any atom is 0.352 e. The number of rotatable bonds is 1. The molecule has 0 saturated carbocycles. The number of aromatic carboxylic acids is 1. The molecular formula is C10H13NO2. The van der Waals surface area contributed by atoms with E-state index < -0.39 is 5.97 Å². The van der Waals surface area contributed by atoms with Gasteiger partial charge in [0.2, 0.25) is 0 Å². The third kappa shape index (κ3) is 1.34. The van der Waals surface area contributed by atoms with Gasteiger partial charge in [-0.3, -0.25) is 0 Å². The zero-order valence-corrected chi connectivity index (χ0v) is 7.63. The van der Waals surface area contributed by atoms with E-state index in [1.54, 1.807) is 6.07 Å². The molecule has 0 bridgehead atoms. The van der Waals surface area contributed by atoms with E-state index in [4.69, 9.17) is 5.11 Å². The molecule has 2 rings (SSSR count). The van der Waals surface area contributed by atoms with Crippen LogP contribution in [-0.4, -0.2) is 16.1 Å². The second-order valence-electron chi connectivity index (χ2n) is 3.72. The summed E-state index contributed by atoms with van der Waals surface area (Å²) in [5, 5.41) is 8.79. The molecule has 1 unspecified atom stereocenters. The first-order valence-electron chi connectivity index (χ1n) is 4.63. The fraction of sp³-hybridized carbons (Fsp3) is 0.500. The van der Waals surface area contributed by atoms with Gasteiger partial charge >= 0.3 is 5.97 Å². The molecule has 2 N–H and O–H groups in total. The first kappa shape index (κ1) is 8.35. The molecule has 1 atom stereocenters. The third-order valence-electron chi connectivity index (χ3n) is 2.76. The highest BCUT2D eigenvalue weighted by atomic mass is 16.4. The lowest BCUT2D eigenvalue weighted by molar-refractivity contribution is 0.0691. The fourth-order valence-corrected chi connectivity index (χ4v) is 2.02. The highest BCUT2D eigenvalue weighted by Gasteiger charge is 2.20. The number of carboxylic acid groups (broad SMARTS) is 1. The Labute approximate surface area is 76.8 Å². The Balaban J connectivity index is 2.42. The van der Waals surface area contributed by atoms with E-state index in [1.807, 2.05) is 0 Å². The second kappa shape index (κ2) is 2.91. The molecule has 1 heterocycles. The summed E-state index contributed by atoms with van der Waals surface area (Å²) in [6, 6.07) is 1.78. The molecule has 0 fully saturated rings. The number of fused-ring (bicyclic) bond motifs is 1. The molecule has 3 nitrogen and oxygen atoms in total. The van der Waals surface area contributed by atoms with Crippen LogP contribution in [0.5, 0.6) is 0 Å². The fourth-order valence-electron chi connectivity index (χ4n) is 2.02. The van der Waals surface area contributed by atoms with Crippen LogP contribution >= 0.6 is 0 Å². The van der Waals surface area contributed by atoms with Crippen molar-refractivity contribution in [3.8, 4) is 0 Å². The summed E-state index contributed by atoms with van der Waals surface area (Å²) in [7, 11) is 0. The average molecular weight is 179 g/mol. The van der Waals surface area contributed by atoms with Crippen LogP contribution < -0.4 is 0 Å². The SMILES string of the molecule is CC1CCCc2[nH]c(C(=O)O)cc21. The van der Waals surface area contributed by atoms with Crippen LogP contribution in [0.4, 0.5) is 0 Å². The second-order valence-corrected chi connectivity index (χ2v) is 3.72. The number of hydrogen-bond acceptors (Lipinski definition) is 1. The molecule has 0 aromatic carbocycles. The molecule has 0 saturated heterocycles. The Morgan fingerprint density at radius 3 is 3.08 bits per heavy atom. The number of carbonyl (C=O) groups is 1. The van der Waals surface area contributed by atoms with Crippen molar-refractivity contribution >= 4 is 5.97 Å². The van der Waals surface area contributed by atoms with E-state index in [1.165, 1.54) is 12.0 Å². The summed E-state index contributed by atoms with van der Waals surface area (Å²) in [6.45, 7) is 2.15. The van der Waals surface area contributed by atoms with E-state index in [0.717, 1.165) is 18.5 Å². The van der Waals surface area contributed by atoms with Crippen LogP contribution in [0, 0.1) is 0 Å². The number of nitrogens with one attached hydrogen (secondary N) is 1. The smallest absolute Gasteiger partial charge is 0.352 e. The van der Waals surface area contributed by atoms with E-state index in [-0.39, 0.29) is 0 Å². The van der Waals surface area contributed by atoms with Crippen LogP contribution in [0.1, 0.15) is 47.4 Å². The Bertz CT molecular complexity index is 341. The predicted octanol–water partition coefficient (Wildman–Crippen LogP) is 2.15. The molecule has 0 amide bonds. The van der Waals surface area contributed by atoms with Crippen molar-refractivity contribution in [3.05, 3.63) is 23.0 Å². The van der Waals surface area contributed by atoms with Crippen molar-refractivity contribution in [2.45, 2.75) is 32.1 Å². The van der Waals surface area contributed by atoms with E-state index >= 15 is 0 Å². The monoisotopic (exact) mass is 179 g/mol. The zero-order chi connectivity index (χ0) is 9.42. The Morgan fingerprint density at radius 2 is 2.46 bits per heavy atom. The van der Waals surface area contributed by atoms with Crippen molar-refractivity contribution < 1.29 is 9.90 Å². The predicted molar refractivity (Wildman–Crippen MR) is 49.1 cm³/mol. The van der Waals surface area contributed by atoms with Gasteiger partial charge in [0.15, 0.2) is 0 Å². The number of hydrogen-bond donors (Lipinski definition) is 2. The molecule has 70 valence electrons. The molecule has 1 aromatic heterocycles. The van der Waals surface area contributed by atoms with Gasteiger partial charge in [-0.1, -0.05) is 6.92 Å². The van der Waals surface area contributed by atoms with Crippen LogP contribution in [0.3, 0.4) is 0 Å². The van der Waals surface area contributed by atoms with Crippen LogP contribution in [-0.2, 0) is 6.42 Å². The summed E-state index contributed by atoms with van der Waals surface area (Å²) in [6.07, 6.45) is 3.32. The van der Waals surface area contributed by atoms with Gasteiger partial charge in [-0.25, -0.2) is 4.79 Å². The molecule has 0 spiro atoms. The van der Waals surface area contributed by atoms with Gasteiger partial charge < -0.3 is 10.1 Å². The summed E-state index contributed by atoms with van der Waals surface area (Å²) in [5.41, 5.74) is 2.65. The van der Waals surface area contributed by atoms with Crippen molar-refractivity contribution in [3.63, 3.8) is 0 Å². The number of aryl methyl sites for hydroxylation is 1. The molecular weight excluding hydrogens is 166 g/mol. The van der Waals surface area contributed by atoms with Gasteiger partial charge in [0, 0.05) is 5.69 Å². The van der Waals surface area contributed by atoms with Gasteiger partial charge in [0.1, 0.15) is 5.69 Å². The lowest BCUT2D eigenvalue weighted by Crippen LogP contribution is -2.04. The quantitative estimate of drug-likeness (QED) is 0.694. The summed E-state index contributed by atoms with van der Waals surface area (Å²) >= 11 is 0. The minimum atomic E-state index is -0.860. The highest BCUT2D eigenvalue weighted by Crippen LogP contribution is 2.31. The first-order chi connectivity index (χ1) is 6.18. The lowest BCUT2D eigenvalue weighted by atomic mass is 9.88. The van der Waals surface area contributed by atoms with Crippen molar-refractivity contribution in [1.82, 2.24) is 4.98 Å². The van der Waals surface area contributed by atoms with Crippen molar-refractivity contribution in [2.24, 2.45) is 0 Å². The van der Waals surface area contributed by atoms with Gasteiger partial charge in [-0.2, -0.15) is 0 Å². The maximum absolute atomic E-state index is 10.7. The molecule has 1 aliphatic rings. The van der Waals surface area contributed by atoms with Crippen molar-refractivity contribution in [2.75, 3.05) is 0 Å². The Kier molecular flexibility index (Phi) is 1.87. The molecule has 13 heavy (non-hydrogen) atoms. The number of aromatic nitrogens is 1. The molecule has 3 heteroatoms. The van der Waals surface area contributed by atoms with Crippen molar-refractivity contribution in [1.29, 1.82) is 0 Å². The van der Waals surface area contributed by atoms with Gasteiger partial charge in [0.05, 0.1) is 0 Å². The molecule has 1 aromatic rings. The molecule has 0 radical (unpaired) electrons. The number of H-pyrrole nitrogens is 1. The van der Waals surface area contributed by atoms with Crippen LogP contribution in [0.15, 0.2) is 6.07 Å². The van der Waals surface area contributed by atoms with E-state index in [2.05, 4.69) is 11.9 Å². The van der Waals surface area contributed by atoms with Gasteiger partial charge in [0.25, 0.3) is 0 Å². The lowest BCUT2D eigenvalue weighted by Gasteiger charge is -2.17. The first-order valence-corrected chi connectivity index (χ1v) is 4.63.